The van der Waals surface area contributed by atoms with Gasteiger partial charge in [0, 0.05) is 24.3 Å². The van der Waals surface area contributed by atoms with Crippen molar-refractivity contribution in [3.8, 4) is 17.0 Å². The van der Waals surface area contributed by atoms with Gasteiger partial charge in [-0.05, 0) is 74.2 Å². The third kappa shape index (κ3) is 5.19. The van der Waals surface area contributed by atoms with E-state index >= 15 is 0 Å². The normalized spacial score (nSPS) is 14.9. The molecule has 0 saturated carbocycles. The summed E-state index contributed by atoms with van der Waals surface area (Å²) in [5.41, 5.74) is 2.11. The summed E-state index contributed by atoms with van der Waals surface area (Å²) in [4.78, 5) is 2.45. The van der Waals surface area contributed by atoms with Crippen molar-refractivity contribution in [2.75, 3.05) is 29.3 Å². The van der Waals surface area contributed by atoms with Gasteiger partial charge in [0.15, 0.2) is 5.82 Å². The molecule has 1 aliphatic rings. The maximum atomic E-state index is 12.7. The van der Waals surface area contributed by atoms with Gasteiger partial charge in [-0.3, -0.25) is 4.72 Å². The number of ether oxygens (including phenoxy) is 1. The Balaban J connectivity index is 1.42. The van der Waals surface area contributed by atoms with Crippen molar-refractivity contribution in [3.63, 3.8) is 0 Å². The Morgan fingerprint density at radius 2 is 1.66 bits per heavy atom. The molecular formula is C24H28N4O3S. The number of anilines is 2. The summed E-state index contributed by atoms with van der Waals surface area (Å²) in [5.74, 6) is 2.31. The largest absolute Gasteiger partial charge is 0.494 e. The summed E-state index contributed by atoms with van der Waals surface area (Å²) in [6, 6.07) is 17.4. The first-order valence-corrected chi connectivity index (χ1v) is 12.4. The first-order chi connectivity index (χ1) is 15.4. The van der Waals surface area contributed by atoms with Gasteiger partial charge in [-0.25, -0.2) is 8.42 Å². The number of hydrogen-bond donors (Lipinski definition) is 1. The zero-order chi connectivity index (χ0) is 22.6. The average Bonchev–Trinajstić information content (AvgIpc) is 2.81. The van der Waals surface area contributed by atoms with Gasteiger partial charge in [0.1, 0.15) is 5.75 Å². The fraction of sp³-hybridized carbons (Fsp3) is 0.333. The van der Waals surface area contributed by atoms with Crippen LogP contribution >= 0.6 is 0 Å². The lowest BCUT2D eigenvalue weighted by atomic mass is 9.99. The standard InChI is InChI=1S/C24H28N4O3S/c1-3-31-21-8-10-22(11-9-21)32(29,30)27-20-6-4-19(5-7-20)23-12-13-24(26-25-23)28-16-14-18(2)15-17-28/h4-13,18,27H,3,14-17H2,1-2H3. The zero-order valence-electron chi connectivity index (χ0n) is 18.4. The highest BCUT2D eigenvalue weighted by Gasteiger charge is 2.18. The van der Waals surface area contributed by atoms with Crippen molar-refractivity contribution in [3.05, 3.63) is 60.7 Å². The van der Waals surface area contributed by atoms with Gasteiger partial charge in [0.2, 0.25) is 0 Å². The number of piperidine rings is 1. The molecule has 0 aliphatic carbocycles. The molecule has 4 rings (SSSR count). The molecule has 0 radical (unpaired) electrons. The maximum absolute atomic E-state index is 12.7. The summed E-state index contributed by atoms with van der Waals surface area (Å²) >= 11 is 0. The topological polar surface area (TPSA) is 84.4 Å². The summed E-state index contributed by atoms with van der Waals surface area (Å²) in [6.07, 6.45) is 2.36. The molecule has 1 saturated heterocycles. The van der Waals surface area contributed by atoms with Crippen LogP contribution in [0.1, 0.15) is 26.7 Å². The van der Waals surface area contributed by atoms with Crippen molar-refractivity contribution < 1.29 is 13.2 Å². The highest BCUT2D eigenvalue weighted by Crippen LogP contribution is 2.25. The molecule has 2 heterocycles. The molecule has 8 heteroatoms. The molecular weight excluding hydrogens is 424 g/mol. The van der Waals surface area contributed by atoms with E-state index in [9.17, 15) is 8.42 Å². The van der Waals surface area contributed by atoms with Gasteiger partial charge in [0.05, 0.1) is 17.2 Å². The number of sulfonamides is 1. The van der Waals surface area contributed by atoms with Gasteiger partial charge in [-0.2, -0.15) is 0 Å². The number of nitrogens with zero attached hydrogens (tertiary/aromatic N) is 3. The molecule has 0 unspecified atom stereocenters. The summed E-state index contributed by atoms with van der Waals surface area (Å²) in [7, 11) is -3.68. The van der Waals surface area contributed by atoms with Crippen LogP contribution in [-0.4, -0.2) is 38.3 Å². The van der Waals surface area contributed by atoms with E-state index in [2.05, 4.69) is 26.7 Å². The van der Waals surface area contributed by atoms with Crippen molar-refractivity contribution in [1.82, 2.24) is 10.2 Å². The SMILES string of the molecule is CCOc1ccc(S(=O)(=O)Nc2ccc(-c3ccc(N4CCC(C)CC4)nn3)cc2)cc1. The Kier molecular flexibility index (Phi) is 6.60. The first-order valence-electron chi connectivity index (χ1n) is 10.9. The Hall–Kier alpha value is -3.13. The lowest BCUT2D eigenvalue weighted by molar-refractivity contribution is 0.340. The fourth-order valence-corrected chi connectivity index (χ4v) is 4.75. The second kappa shape index (κ2) is 9.56. The molecule has 32 heavy (non-hydrogen) atoms. The summed E-state index contributed by atoms with van der Waals surface area (Å²) in [5, 5.41) is 8.78. The second-order valence-corrected chi connectivity index (χ2v) is 9.72. The molecule has 1 fully saturated rings. The van der Waals surface area contributed by atoms with Crippen LogP contribution in [0.3, 0.4) is 0 Å². The van der Waals surface area contributed by atoms with E-state index in [0.717, 1.165) is 36.1 Å². The van der Waals surface area contributed by atoms with Crippen LogP contribution in [0, 0.1) is 5.92 Å². The predicted molar refractivity (Wildman–Crippen MR) is 126 cm³/mol. The van der Waals surface area contributed by atoms with Gasteiger partial charge < -0.3 is 9.64 Å². The first kappa shape index (κ1) is 22.1. The number of rotatable bonds is 7. The van der Waals surface area contributed by atoms with E-state index in [1.165, 1.54) is 25.0 Å². The summed E-state index contributed by atoms with van der Waals surface area (Å²) < 4.78 is 33.3. The molecule has 1 N–H and O–H groups in total. The molecule has 2 aromatic carbocycles. The highest BCUT2D eigenvalue weighted by atomic mass is 32.2. The molecule has 0 atom stereocenters. The molecule has 1 aromatic heterocycles. The van der Waals surface area contributed by atoms with Crippen molar-refractivity contribution in [1.29, 1.82) is 0 Å². The fourth-order valence-electron chi connectivity index (χ4n) is 3.69. The van der Waals surface area contributed by atoms with Crippen molar-refractivity contribution >= 4 is 21.5 Å². The number of nitrogens with one attached hydrogen (secondary N) is 1. The highest BCUT2D eigenvalue weighted by molar-refractivity contribution is 7.92. The minimum atomic E-state index is -3.68. The van der Waals surface area contributed by atoms with Crippen LogP contribution in [0.4, 0.5) is 11.5 Å². The number of hydrogen-bond acceptors (Lipinski definition) is 6. The van der Waals surface area contributed by atoms with E-state index in [1.54, 1.807) is 24.3 Å². The van der Waals surface area contributed by atoms with Crippen molar-refractivity contribution in [2.45, 2.75) is 31.6 Å². The Morgan fingerprint density at radius 3 is 2.25 bits per heavy atom. The Labute approximate surface area is 189 Å². The third-order valence-electron chi connectivity index (χ3n) is 5.64. The third-order valence-corrected chi connectivity index (χ3v) is 7.03. The molecule has 0 bridgehead atoms. The quantitative estimate of drug-likeness (QED) is 0.565. The molecule has 7 nitrogen and oxygen atoms in total. The van der Waals surface area contributed by atoms with Gasteiger partial charge in [-0.1, -0.05) is 19.1 Å². The van der Waals surface area contributed by atoms with E-state index < -0.39 is 10.0 Å². The van der Waals surface area contributed by atoms with E-state index in [4.69, 9.17) is 4.74 Å². The lowest BCUT2D eigenvalue weighted by Gasteiger charge is -2.30. The van der Waals surface area contributed by atoms with Crippen LogP contribution in [0.25, 0.3) is 11.3 Å². The van der Waals surface area contributed by atoms with Crippen molar-refractivity contribution in [2.24, 2.45) is 5.92 Å². The predicted octanol–water partition coefficient (Wildman–Crippen LogP) is 4.58. The van der Waals surface area contributed by atoms with Crippen LogP contribution < -0.4 is 14.4 Å². The van der Waals surface area contributed by atoms with Crippen LogP contribution in [0.5, 0.6) is 5.75 Å². The minimum absolute atomic E-state index is 0.179. The number of aromatic nitrogens is 2. The van der Waals surface area contributed by atoms with E-state index in [0.29, 0.717) is 18.0 Å². The van der Waals surface area contributed by atoms with Crippen LogP contribution in [0.15, 0.2) is 65.6 Å². The molecule has 0 amide bonds. The van der Waals surface area contributed by atoms with E-state index in [-0.39, 0.29) is 4.90 Å². The molecule has 1 aliphatic heterocycles. The maximum Gasteiger partial charge on any atom is 0.261 e. The van der Waals surface area contributed by atoms with Crippen LogP contribution in [-0.2, 0) is 10.0 Å². The Bertz CT molecular complexity index is 1120. The molecule has 3 aromatic rings. The van der Waals surface area contributed by atoms with Gasteiger partial charge >= 0.3 is 0 Å². The monoisotopic (exact) mass is 452 g/mol. The van der Waals surface area contributed by atoms with Crippen LogP contribution in [0.2, 0.25) is 0 Å². The van der Waals surface area contributed by atoms with Gasteiger partial charge in [0.25, 0.3) is 10.0 Å². The van der Waals surface area contributed by atoms with E-state index in [1.807, 2.05) is 31.2 Å². The van der Waals surface area contributed by atoms with Gasteiger partial charge in [-0.15, -0.1) is 10.2 Å². The second-order valence-electron chi connectivity index (χ2n) is 8.03. The molecule has 168 valence electrons. The average molecular weight is 453 g/mol. The molecule has 0 spiro atoms. The number of benzene rings is 2. The zero-order valence-corrected chi connectivity index (χ0v) is 19.2. The minimum Gasteiger partial charge on any atom is -0.494 e. The smallest absolute Gasteiger partial charge is 0.261 e. The summed E-state index contributed by atoms with van der Waals surface area (Å²) in [6.45, 7) is 6.72. The lowest BCUT2D eigenvalue weighted by Crippen LogP contribution is -2.33. The Morgan fingerprint density at radius 1 is 0.969 bits per heavy atom.